The highest BCUT2D eigenvalue weighted by Crippen LogP contribution is 2.24. The smallest absolute Gasteiger partial charge is 0.250 e. The van der Waals surface area contributed by atoms with Crippen LogP contribution in [0.15, 0.2) is 40.6 Å². The van der Waals surface area contributed by atoms with Crippen LogP contribution in [-0.2, 0) is 10.0 Å². The van der Waals surface area contributed by atoms with Gasteiger partial charge >= 0.3 is 0 Å². The molecule has 0 spiro atoms. The molecule has 1 aromatic heterocycles. The van der Waals surface area contributed by atoms with Gasteiger partial charge in [-0.25, -0.2) is 13.1 Å². The van der Waals surface area contributed by atoms with Crippen LogP contribution in [0.5, 0.6) is 0 Å². The minimum Gasteiger partial charge on any atom is -0.389 e. The molecule has 0 bridgehead atoms. The number of nitrogens with two attached hydrogens (primary N) is 1. The summed E-state index contributed by atoms with van der Waals surface area (Å²) in [6.07, 6.45) is 0. The Hall–Kier alpha value is -0.990. The fraction of sp³-hybridized carbons (Fsp3) is 0.154. The van der Waals surface area contributed by atoms with E-state index in [2.05, 4.69) is 4.72 Å². The van der Waals surface area contributed by atoms with E-state index in [0.29, 0.717) is 9.90 Å². The molecule has 0 amide bonds. The van der Waals surface area contributed by atoms with E-state index in [4.69, 9.17) is 29.6 Å². The van der Waals surface area contributed by atoms with Gasteiger partial charge in [0, 0.05) is 11.1 Å². The van der Waals surface area contributed by atoms with E-state index < -0.39 is 10.0 Å². The van der Waals surface area contributed by atoms with Crippen LogP contribution < -0.4 is 10.5 Å². The number of sulfonamides is 1. The number of rotatable bonds is 5. The van der Waals surface area contributed by atoms with Gasteiger partial charge in [-0.1, -0.05) is 36.0 Å². The second-order valence-corrected chi connectivity index (χ2v) is 8.28. The maximum absolute atomic E-state index is 12.3. The number of benzene rings is 1. The standard InChI is InChI=1S/C13H13ClN2O2S3/c1-8(9-2-4-10(14)5-3-9)16-21(17,18)12-7-6-11(20-12)13(15)19/h2-8,16H,1H3,(H2,15,19). The lowest BCUT2D eigenvalue weighted by Gasteiger charge is -2.13. The largest absolute Gasteiger partial charge is 0.389 e. The van der Waals surface area contributed by atoms with Crippen LogP contribution in [-0.4, -0.2) is 13.4 Å². The van der Waals surface area contributed by atoms with E-state index >= 15 is 0 Å². The highest BCUT2D eigenvalue weighted by Gasteiger charge is 2.20. The number of nitrogens with one attached hydrogen (secondary N) is 1. The molecular weight excluding hydrogens is 348 g/mol. The molecule has 0 aliphatic heterocycles. The molecule has 8 heteroatoms. The molecule has 1 atom stereocenters. The van der Waals surface area contributed by atoms with Gasteiger partial charge in [0.1, 0.15) is 9.20 Å². The molecule has 0 saturated carbocycles. The third kappa shape index (κ3) is 4.02. The fourth-order valence-electron chi connectivity index (χ4n) is 1.71. The lowest BCUT2D eigenvalue weighted by Crippen LogP contribution is -2.26. The number of hydrogen-bond donors (Lipinski definition) is 2. The van der Waals surface area contributed by atoms with Gasteiger partial charge in [-0.15, -0.1) is 11.3 Å². The van der Waals surface area contributed by atoms with Crippen LogP contribution in [0.25, 0.3) is 0 Å². The van der Waals surface area contributed by atoms with E-state index in [-0.39, 0.29) is 15.2 Å². The van der Waals surface area contributed by atoms with Crippen molar-refractivity contribution in [2.45, 2.75) is 17.2 Å². The van der Waals surface area contributed by atoms with Gasteiger partial charge in [0.15, 0.2) is 0 Å². The molecule has 0 fully saturated rings. The van der Waals surface area contributed by atoms with Crippen LogP contribution in [0.2, 0.25) is 5.02 Å². The van der Waals surface area contributed by atoms with Crippen molar-refractivity contribution in [3.63, 3.8) is 0 Å². The predicted molar refractivity (Wildman–Crippen MR) is 90.4 cm³/mol. The first-order chi connectivity index (χ1) is 9.79. The summed E-state index contributed by atoms with van der Waals surface area (Å²) in [6, 6.07) is 9.73. The monoisotopic (exact) mass is 360 g/mol. The van der Waals surface area contributed by atoms with E-state index in [9.17, 15) is 8.42 Å². The zero-order valence-electron chi connectivity index (χ0n) is 11.0. The highest BCUT2D eigenvalue weighted by atomic mass is 35.5. The average Bonchev–Trinajstić information content (AvgIpc) is 2.89. The first-order valence-corrected chi connectivity index (χ1v) is 9.05. The summed E-state index contributed by atoms with van der Waals surface area (Å²) in [4.78, 5) is 0.761. The van der Waals surface area contributed by atoms with Crippen molar-refractivity contribution in [1.29, 1.82) is 0 Å². The third-order valence-electron chi connectivity index (χ3n) is 2.79. The van der Waals surface area contributed by atoms with Crippen LogP contribution >= 0.6 is 35.2 Å². The molecule has 3 N–H and O–H groups in total. The van der Waals surface area contributed by atoms with Crippen molar-refractivity contribution >= 4 is 50.2 Å². The Bertz CT molecular complexity index is 754. The molecule has 0 aliphatic rings. The molecule has 0 saturated heterocycles. The van der Waals surface area contributed by atoms with Crippen LogP contribution in [0.1, 0.15) is 23.4 Å². The van der Waals surface area contributed by atoms with Crippen LogP contribution in [0.3, 0.4) is 0 Å². The molecule has 1 unspecified atom stereocenters. The zero-order chi connectivity index (χ0) is 15.6. The van der Waals surface area contributed by atoms with Crippen molar-refractivity contribution in [2.75, 3.05) is 0 Å². The van der Waals surface area contributed by atoms with Crippen molar-refractivity contribution in [2.24, 2.45) is 5.73 Å². The Kier molecular flexibility index (Phi) is 5.00. The van der Waals surface area contributed by atoms with Gasteiger partial charge in [-0.05, 0) is 36.8 Å². The summed E-state index contributed by atoms with van der Waals surface area (Å²) in [5, 5.41) is 0.605. The van der Waals surface area contributed by atoms with Crippen LogP contribution in [0.4, 0.5) is 0 Å². The topological polar surface area (TPSA) is 72.2 Å². The van der Waals surface area contributed by atoms with Crippen molar-refractivity contribution in [3.05, 3.63) is 51.9 Å². The Labute approximate surface area is 138 Å². The molecular formula is C13H13ClN2O2S3. The van der Waals surface area contributed by atoms with E-state index in [1.165, 1.54) is 6.07 Å². The SMILES string of the molecule is CC(NS(=O)(=O)c1ccc(C(N)=S)s1)c1ccc(Cl)cc1. The molecule has 0 aliphatic carbocycles. The van der Waals surface area contributed by atoms with Gasteiger partial charge in [0.2, 0.25) is 0 Å². The summed E-state index contributed by atoms with van der Waals surface area (Å²) in [5.74, 6) is 0. The van der Waals surface area contributed by atoms with Crippen LogP contribution in [0, 0.1) is 0 Å². The first kappa shape index (κ1) is 16.4. The Morgan fingerprint density at radius 3 is 2.43 bits per heavy atom. The average molecular weight is 361 g/mol. The quantitative estimate of drug-likeness (QED) is 0.804. The third-order valence-corrected chi connectivity index (χ3v) is 6.54. The zero-order valence-corrected chi connectivity index (χ0v) is 14.2. The Balaban J connectivity index is 2.20. The van der Waals surface area contributed by atoms with E-state index in [1.807, 2.05) is 0 Å². The van der Waals surface area contributed by atoms with Gasteiger partial charge in [0.05, 0.1) is 4.88 Å². The molecule has 2 rings (SSSR count). The summed E-state index contributed by atoms with van der Waals surface area (Å²) in [5.41, 5.74) is 6.32. The summed E-state index contributed by atoms with van der Waals surface area (Å²) < 4.78 is 27.4. The minimum atomic E-state index is -3.61. The Morgan fingerprint density at radius 1 is 1.29 bits per heavy atom. The summed E-state index contributed by atoms with van der Waals surface area (Å²) >= 11 is 11.7. The molecule has 21 heavy (non-hydrogen) atoms. The molecule has 1 aromatic carbocycles. The second-order valence-electron chi connectivity index (χ2n) is 4.38. The normalized spacial score (nSPS) is 13.0. The van der Waals surface area contributed by atoms with Crippen molar-refractivity contribution in [3.8, 4) is 0 Å². The minimum absolute atomic E-state index is 0.186. The highest BCUT2D eigenvalue weighted by molar-refractivity contribution is 7.91. The maximum Gasteiger partial charge on any atom is 0.250 e. The van der Waals surface area contributed by atoms with Crippen molar-refractivity contribution in [1.82, 2.24) is 4.72 Å². The fourth-order valence-corrected chi connectivity index (χ4v) is 4.43. The maximum atomic E-state index is 12.3. The lowest BCUT2D eigenvalue weighted by molar-refractivity contribution is 0.569. The number of thiocarbonyl (C=S) groups is 1. The number of thiophene rings is 1. The lowest BCUT2D eigenvalue weighted by atomic mass is 10.1. The van der Waals surface area contributed by atoms with Gasteiger partial charge in [0.25, 0.3) is 10.0 Å². The predicted octanol–water partition coefficient (Wildman–Crippen LogP) is 3.08. The van der Waals surface area contributed by atoms with E-state index in [0.717, 1.165) is 16.9 Å². The molecule has 1 heterocycles. The summed E-state index contributed by atoms with van der Waals surface area (Å²) in [7, 11) is -3.61. The van der Waals surface area contributed by atoms with Crippen molar-refractivity contribution < 1.29 is 8.42 Å². The molecule has 0 radical (unpaired) electrons. The number of halogens is 1. The second kappa shape index (κ2) is 6.41. The molecule has 112 valence electrons. The van der Waals surface area contributed by atoms with Gasteiger partial charge in [-0.3, -0.25) is 0 Å². The van der Waals surface area contributed by atoms with Gasteiger partial charge < -0.3 is 5.73 Å². The molecule has 2 aromatic rings. The summed E-state index contributed by atoms with van der Waals surface area (Å²) in [6.45, 7) is 1.77. The van der Waals surface area contributed by atoms with Gasteiger partial charge in [-0.2, -0.15) is 0 Å². The number of hydrogen-bond acceptors (Lipinski definition) is 4. The Morgan fingerprint density at radius 2 is 1.90 bits per heavy atom. The first-order valence-electron chi connectivity index (χ1n) is 5.97. The molecule has 4 nitrogen and oxygen atoms in total. The van der Waals surface area contributed by atoms with E-state index in [1.54, 1.807) is 37.3 Å².